The monoisotopic (exact) mass is 320 g/mol. The number of nitrogens with one attached hydrogen (secondary N) is 1. The third-order valence-corrected chi connectivity index (χ3v) is 6.20. The van der Waals surface area contributed by atoms with E-state index in [1.165, 1.54) is 0 Å². The number of piperidine rings is 1. The zero-order chi connectivity index (χ0) is 15.1. The average molecular weight is 320 g/mol. The molecule has 0 saturated carbocycles. The molecule has 0 bridgehead atoms. The van der Waals surface area contributed by atoms with Gasteiger partial charge in [0.25, 0.3) is 0 Å². The molecule has 0 spiro atoms. The normalized spacial score (nSPS) is 28.0. The van der Waals surface area contributed by atoms with Gasteiger partial charge < -0.3 is 14.8 Å². The van der Waals surface area contributed by atoms with E-state index in [1.54, 1.807) is 11.4 Å². The van der Waals surface area contributed by atoms with Gasteiger partial charge in [0.2, 0.25) is 10.0 Å². The Morgan fingerprint density at radius 1 is 1.29 bits per heavy atom. The lowest BCUT2D eigenvalue weighted by Crippen LogP contribution is -2.50. The van der Waals surface area contributed by atoms with Crippen molar-refractivity contribution in [2.75, 3.05) is 45.7 Å². The van der Waals surface area contributed by atoms with Crippen molar-refractivity contribution in [3.63, 3.8) is 0 Å². The van der Waals surface area contributed by atoms with Crippen molar-refractivity contribution in [1.29, 1.82) is 0 Å². The van der Waals surface area contributed by atoms with E-state index in [-0.39, 0.29) is 17.9 Å². The van der Waals surface area contributed by atoms with Crippen LogP contribution in [0, 0.1) is 0 Å². The van der Waals surface area contributed by atoms with E-state index < -0.39 is 10.0 Å². The van der Waals surface area contributed by atoms with E-state index in [9.17, 15) is 8.42 Å². The smallest absolute Gasteiger partial charge is 0.216 e. The summed E-state index contributed by atoms with van der Waals surface area (Å²) in [6.45, 7) is 3.45. The molecule has 2 saturated heterocycles. The van der Waals surface area contributed by atoms with Crippen molar-refractivity contribution < 1.29 is 17.9 Å². The van der Waals surface area contributed by atoms with Crippen molar-refractivity contribution in [2.45, 2.75) is 44.2 Å². The molecule has 0 amide bonds. The summed E-state index contributed by atoms with van der Waals surface area (Å²) in [6.07, 6.45) is 4.72. The number of nitrogens with zero attached hydrogens (tertiary/aromatic N) is 1. The molecule has 0 aromatic heterocycles. The molecule has 2 aliphatic rings. The van der Waals surface area contributed by atoms with Crippen molar-refractivity contribution in [3.05, 3.63) is 0 Å². The Morgan fingerprint density at radius 2 is 2.14 bits per heavy atom. The van der Waals surface area contributed by atoms with Crippen LogP contribution in [0.5, 0.6) is 0 Å². The van der Waals surface area contributed by atoms with Crippen LogP contribution in [0.15, 0.2) is 0 Å². The van der Waals surface area contributed by atoms with Gasteiger partial charge in [-0.05, 0) is 25.7 Å². The predicted molar refractivity (Wildman–Crippen MR) is 81.9 cm³/mol. The van der Waals surface area contributed by atoms with E-state index in [0.717, 1.165) is 38.6 Å². The number of hydrogen-bond acceptors (Lipinski definition) is 5. The maximum atomic E-state index is 12.6. The molecular weight excluding hydrogens is 292 g/mol. The number of rotatable bonds is 8. The van der Waals surface area contributed by atoms with Gasteiger partial charge in [0.1, 0.15) is 0 Å². The molecule has 6 nitrogen and oxygen atoms in total. The average Bonchev–Trinajstić information content (AvgIpc) is 2.96. The summed E-state index contributed by atoms with van der Waals surface area (Å²) < 4.78 is 37.5. The third kappa shape index (κ3) is 5.17. The molecule has 2 heterocycles. The molecule has 2 atom stereocenters. The van der Waals surface area contributed by atoms with Gasteiger partial charge in [0.05, 0.1) is 18.5 Å². The molecule has 2 aliphatic heterocycles. The molecule has 2 rings (SSSR count). The summed E-state index contributed by atoms with van der Waals surface area (Å²) >= 11 is 0. The minimum atomic E-state index is -3.22. The highest BCUT2D eigenvalue weighted by molar-refractivity contribution is 7.89. The summed E-state index contributed by atoms with van der Waals surface area (Å²) in [5.74, 6) is 0.140. The SMILES string of the molecule is COCCNCC1CCCCN1S(=O)(=O)CC1CCCO1. The summed E-state index contributed by atoms with van der Waals surface area (Å²) in [5, 5.41) is 3.29. The van der Waals surface area contributed by atoms with Crippen molar-refractivity contribution in [3.8, 4) is 0 Å². The van der Waals surface area contributed by atoms with Gasteiger partial charge in [-0.1, -0.05) is 6.42 Å². The topological polar surface area (TPSA) is 67.9 Å². The molecule has 0 radical (unpaired) electrons. The van der Waals surface area contributed by atoms with Crippen LogP contribution in [0.4, 0.5) is 0 Å². The van der Waals surface area contributed by atoms with Gasteiger partial charge in [-0.15, -0.1) is 0 Å². The first-order valence-corrected chi connectivity index (χ1v) is 9.55. The Hall–Kier alpha value is -0.210. The Kier molecular flexibility index (Phi) is 6.88. The number of ether oxygens (including phenoxy) is 2. The summed E-state index contributed by atoms with van der Waals surface area (Å²) in [5.41, 5.74) is 0. The van der Waals surface area contributed by atoms with E-state index in [2.05, 4.69) is 5.32 Å². The number of hydrogen-bond donors (Lipinski definition) is 1. The molecule has 124 valence electrons. The molecule has 0 aromatic rings. The maximum absolute atomic E-state index is 12.6. The zero-order valence-corrected chi connectivity index (χ0v) is 13.7. The van der Waals surface area contributed by atoms with Gasteiger partial charge in [0, 0.05) is 39.4 Å². The first-order valence-electron chi connectivity index (χ1n) is 7.94. The highest BCUT2D eigenvalue weighted by atomic mass is 32.2. The van der Waals surface area contributed by atoms with Crippen molar-refractivity contribution >= 4 is 10.0 Å². The van der Waals surface area contributed by atoms with Crippen LogP contribution in [-0.2, 0) is 19.5 Å². The second-order valence-electron chi connectivity index (χ2n) is 5.87. The largest absolute Gasteiger partial charge is 0.383 e. The predicted octanol–water partition coefficient (Wildman–Crippen LogP) is 0.586. The number of sulfonamides is 1. The Labute approximate surface area is 128 Å². The highest BCUT2D eigenvalue weighted by Gasteiger charge is 2.34. The van der Waals surface area contributed by atoms with Crippen LogP contribution in [0.1, 0.15) is 32.1 Å². The van der Waals surface area contributed by atoms with E-state index in [0.29, 0.717) is 26.3 Å². The first-order chi connectivity index (χ1) is 10.1. The molecule has 21 heavy (non-hydrogen) atoms. The molecular formula is C14H28N2O4S. The molecule has 2 unspecified atom stereocenters. The Morgan fingerprint density at radius 3 is 2.86 bits per heavy atom. The second kappa shape index (κ2) is 8.43. The summed E-state index contributed by atoms with van der Waals surface area (Å²) in [4.78, 5) is 0. The number of methoxy groups -OCH3 is 1. The fourth-order valence-electron chi connectivity index (χ4n) is 3.09. The van der Waals surface area contributed by atoms with Gasteiger partial charge in [-0.3, -0.25) is 0 Å². The van der Waals surface area contributed by atoms with Crippen molar-refractivity contribution in [1.82, 2.24) is 9.62 Å². The van der Waals surface area contributed by atoms with Crippen LogP contribution < -0.4 is 5.32 Å². The molecule has 0 aliphatic carbocycles. The van der Waals surface area contributed by atoms with Crippen LogP contribution in [0.3, 0.4) is 0 Å². The summed E-state index contributed by atoms with van der Waals surface area (Å²) in [7, 11) is -1.55. The minimum absolute atomic E-state index is 0.0713. The van der Waals surface area contributed by atoms with E-state index in [1.807, 2.05) is 0 Å². The Balaban J connectivity index is 1.89. The second-order valence-corrected chi connectivity index (χ2v) is 7.84. The molecule has 1 N–H and O–H groups in total. The summed E-state index contributed by atoms with van der Waals surface area (Å²) in [6, 6.07) is 0.0713. The standard InChI is InChI=1S/C14H28N2O4S/c1-19-10-7-15-11-13-5-2-3-8-16(13)21(17,18)12-14-6-4-9-20-14/h13-15H,2-12H2,1H3. The van der Waals surface area contributed by atoms with Crippen LogP contribution in [0.2, 0.25) is 0 Å². The lowest BCUT2D eigenvalue weighted by Gasteiger charge is -2.35. The molecule has 7 heteroatoms. The zero-order valence-electron chi connectivity index (χ0n) is 12.9. The highest BCUT2D eigenvalue weighted by Crippen LogP contribution is 2.23. The molecule has 2 fully saturated rings. The van der Waals surface area contributed by atoms with E-state index >= 15 is 0 Å². The third-order valence-electron chi connectivity index (χ3n) is 4.21. The lowest BCUT2D eigenvalue weighted by atomic mass is 10.1. The Bertz CT molecular complexity index is 396. The maximum Gasteiger partial charge on any atom is 0.216 e. The van der Waals surface area contributed by atoms with Gasteiger partial charge in [-0.25, -0.2) is 8.42 Å². The fraction of sp³-hybridized carbons (Fsp3) is 1.00. The fourth-order valence-corrected chi connectivity index (χ4v) is 5.06. The van der Waals surface area contributed by atoms with Gasteiger partial charge >= 0.3 is 0 Å². The molecule has 0 aromatic carbocycles. The van der Waals surface area contributed by atoms with E-state index in [4.69, 9.17) is 9.47 Å². The van der Waals surface area contributed by atoms with Gasteiger partial charge in [-0.2, -0.15) is 4.31 Å². The van der Waals surface area contributed by atoms with Gasteiger partial charge in [0.15, 0.2) is 0 Å². The van der Waals surface area contributed by atoms with Crippen LogP contribution in [0.25, 0.3) is 0 Å². The quantitative estimate of drug-likeness (QED) is 0.663. The van der Waals surface area contributed by atoms with Crippen LogP contribution in [-0.4, -0.2) is 70.6 Å². The first kappa shape index (κ1) is 17.1. The minimum Gasteiger partial charge on any atom is -0.383 e. The van der Waals surface area contributed by atoms with Crippen molar-refractivity contribution in [2.24, 2.45) is 0 Å². The lowest BCUT2D eigenvalue weighted by molar-refractivity contribution is 0.125. The van der Waals surface area contributed by atoms with Crippen LogP contribution >= 0.6 is 0 Å².